The van der Waals surface area contributed by atoms with Crippen LogP contribution in [-0.4, -0.2) is 22.2 Å². The summed E-state index contributed by atoms with van der Waals surface area (Å²) in [5.41, 5.74) is 1.37. The highest BCUT2D eigenvalue weighted by Gasteiger charge is 2.24. The van der Waals surface area contributed by atoms with Crippen LogP contribution in [0.25, 0.3) is 0 Å². The minimum atomic E-state index is -0.0726. The quantitative estimate of drug-likeness (QED) is 0.911. The van der Waals surface area contributed by atoms with Crippen molar-refractivity contribution >= 4 is 5.91 Å². The maximum atomic E-state index is 11.7. The molecule has 19 heavy (non-hydrogen) atoms. The average Bonchev–Trinajstić information content (AvgIpc) is 2.87. The summed E-state index contributed by atoms with van der Waals surface area (Å²) in [7, 11) is 0. The third-order valence-electron chi connectivity index (χ3n) is 3.12. The number of carbonyl (C=O) groups excluding carboxylic acids is 1. The van der Waals surface area contributed by atoms with Crippen LogP contribution in [0.1, 0.15) is 29.1 Å². The fourth-order valence-electron chi connectivity index (χ4n) is 2.11. The van der Waals surface area contributed by atoms with Crippen molar-refractivity contribution < 1.29 is 9.53 Å². The molecule has 1 aromatic heterocycles. The molecule has 5 nitrogen and oxygen atoms in total. The van der Waals surface area contributed by atoms with Crippen molar-refractivity contribution in [3.63, 3.8) is 0 Å². The van der Waals surface area contributed by atoms with Crippen molar-refractivity contribution in [2.75, 3.05) is 6.54 Å². The Bertz CT molecular complexity index is 592. The molecule has 0 saturated carbocycles. The summed E-state index contributed by atoms with van der Waals surface area (Å²) >= 11 is 0. The standard InChI is InChI=1S/C14H15N3O2/c1-10-8-15-14(18)13-7-11(16-17(10)13)9-19-12-5-3-2-4-6-12/h2-7,10H,8-9H2,1H3,(H,15,18). The normalized spacial score (nSPS) is 17.7. The van der Waals surface area contributed by atoms with E-state index in [1.54, 1.807) is 10.7 Å². The van der Waals surface area contributed by atoms with Gasteiger partial charge in [0.1, 0.15) is 23.7 Å². The molecule has 1 aromatic carbocycles. The van der Waals surface area contributed by atoms with E-state index < -0.39 is 0 Å². The molecule has 2 heterocycles. The second kappa shape index (κ2) is 4.76. The number of fused-ring (bicyclic) bond motifs is 1. The molecule has 0 saturated heterocycles. The van der Waals surface area contributed by atoms with E-state index in [2.05, 4.69) is 10.4 Å². The Hall–Kier alpha value is -2.30. The molecule has 0 bridgehead atoms. The van der Waals surface area contributed by atoms with E-state index in [-0.39, 0.29) is 11.9 Å². The van der Waals surface area contributed by atoms with Crippen LogP contribution in [0.3, 0.4) is 0 Å². The SMILES string of the molecule is CC1CNC(=O)c2cc(COc3ccccc3)nn21. The van der Waals surface area contributed by atoms with Gasteiger partial charge in [-0.3, -0.25) is 9.48 Å². The minimum Gasteiger partial charge on any atom is -0.487 e. The highest BCUT2D eigenvalue weighted by molar-refractivity contribution is 5.93. The first-order valence-corrected chi connectivity index (χ1v) is 6.28. The van der Waals surface area contributed by atoms with Crippen molar-refractivity contribution in [2.45, 2.75) is 19.6 Å². The van der Waals surface area contributed by atoms with Crippen molar-refractivity contribution in [1.29, 1.82) is 0 Å². The third-order valence-corrected chi connectivity index (χ3v) is 3.12. The van der Waals surface area contributed by atoms with Gasteiger partial charge in [-0.25, -0.2) is 0 Å². The predicted octanol–water partition coefficient (Wildman–Crippen LogP) is 1.77. The van der Waals surface area contributed by atoms with Crippen molar-refractivity contribution in [3.8, 4) is 5.75 Å². The van der Waals surface area contributed by atoms with E-state index >= 15 is 0 Å². The molecular formula is C14H15N3O2. The summed E-state index contributed by atoms with van der Waals surface area (Å²) in [4.78, 5) is 11.7. The lowest BCUT2D eigenvalue weighted by atomic mass is 10.2. The van der Waals surface area contributed by atoms with E-state index in [1.807, 2.05) is 37.3 Å². The van der Waals surface area contributed by atoms with E-state index in [0.29, 0.717) is 18.8 Å². The number of benzene rings is 1. The number of aromatic nitrogens is 2. The largest absolute Gasteiger partial charge is 0.487 e. The number of para-hydroxylation sites is 1. The summed E-state index contributed by atoms with van der Waals surface area (Å²) in [5, 5.41) is 7.26. The minimum absolute atomic E-state index is 0.0726. The first kappa shape index (κ1) is 11.8. The van der Waals surface area contributed by atoms with Crippen molar-refractivity contribution in [2.24, 2.45) is 0 Å². The predicted molar refractivity (Wildman–Crippen MR) is 70.0 cm³/mol. The van der Waals surface area contributed by atoms with Gasteiger partial charge in [0, 0.05) is 6.54 Å². The highest BCUT2D eigenvalue weighted by atomic mass is 16.5. The van der Waals surface area contributed by atoms with Crippen molar-refractivity contribution in [3.05, 3.63) is 47.8 Å². The zero-order valence-corrected chi connectivity index (χ0v) is 10.7. The average molecular weight is 257 g/mol. The molecule has 3 rings (SSSR count). The van der Waals surface area contributed by atoms with Gasteiger partial charge in [0.15, 0.2) is 0 Å². The molecule has 1 unspecified atom stereocenters. The molecule has 98 valence electrons. The van der Waals surface area contributed by atoms with Crippen molar-refractivity contribution in [1.82, 2.24) is 15.1 Å². The van der Waals surface area contributed by atoms with Crippen LogP contribution in [0.15, 0.2) is 36.4 Å². The number of rotatable bonds is 3. The molecule has 0 fully saturated rings. The van der Waals surface area contributed by atoms with Crippen LogP contribution >= 0.6 is 0 Å². The first-order chi connectivity index (χ1) is 9.24. The lowest BCUT2D eigenvalue weighted by molar-refractivity contribution is 0.0912. The van der Waals surface area contributed by atoms with Gasteiger partial charge in [0.05, 0.1) is 6.04 Å². The number of nitrogens with one attached hydrogen (secondary N) is 1. The Kier molecular flexibility index (Phi) is 2.95. The Labute approximate surface area is 111 Å². The fraction of sp³-hybridized carbons (Fsp3) is 0.286. The maximum absolute atomic E-state index is 11.7. The number of nitrogens with zero attached hydrogens (tertiary/aromatic N) is 2. The highest BCUT2D eigenvalue weighted by Crippen LogP contribution is 2.17. The topological polar surface area (TPSA) is 56.1 Å². The van der Waals surface area contributed by atoms with E-state index in [0.717, 1.165) is 11.4 Å². The Morgan fingerprint density at radius 3 is 2.95 bits per heavy atom. The van der Waals surface area contributed by atoms with Gasteiger partial charge in [0.25, 0.3) is 5.91 Å². The molecule has 1 atom stereocenters. The van der Waals surface area contributed by atoms with Crippen LogP contribution in [0, 0.1) is 0 Å². The third kappa shape index (κ3) is 2.31. The molecular weight excluding hydrogens is 242 g/mol. The summed E-state index contributed by atoms with van der Waals surface area (Å²) in [6.45, 7) is 3.01. The summed E-state index contributed by atoms with van der Waals surface area (Å²) in [6, 6.07) is 11.5. The summed E-state index contributed by atoms with van der Waals surface area (Å²) < 4.78 is 7.40. The van der Waals surface area contributed by atoms with Gasteiger partial charge in [-0.15, -0.1) is 0 Å². The smallest absolute Gasteiger partial charge is 0.269 e. The summed E-state index contributed by atoms with van der Waals surface area (Å²) in [6.07, 6.45) is 0. The molecule has 0 radical (unpaired) electrons. The Morgan fingerprint density at radius 2 is 2.21 bits per heavy atom. The van der Waals surface area contributed by atoms with E-state index in [9.17, 15) is 4.79 Å². The van der Waals surface area contributed by atoms with Gasteiger partial charge >= 0.3 is 0 Å². The Balaban J connectivity index is 1.76. The van der Waals surface area contributed by atoms with Crippen LogP contribution in [-0.2, 0) is 6.61 Å². The zero-order valence-electron chi connectivity index (χ0n) is 10.7. The monoisotopic (exact) mass is 257 g/mol. The number of ether oxygens (including phenoxy) is 1. The molecule has 1 N–H and O–H groups in total. The van der Waals surface area contributed by atoms with Gasteiger partial charge < -0.3 is 10.1 Å². The number of carbonyl (C=O) groups is 1. The number of hydrogen-bond acceptors (Lipinski definition) is 3. The lowest BCUT2D eigenvalue weighted by Gasteiger charge is -2.20. The van der Waals surface area contributed by atoms with Crippen LogP contribution in [0.5, 0.6) is 5.75 Å². The molecule has 1 aliphatic heterocycles. The first-order valence-electron chi connectivity index (χ1n) is 6.28. The van der Waals surface area contributed by atoms with E-state index in [4.69, 9.17) is 4.74 Å². The molecule has 5 heteroatoms. The van der Waals surface area contributed by atoms with Gasteiger partial charge in [-0.1, -0.05) is 18.2 Å². The van der Waals surface area contributed by atoms with Gasteiger partial charge in [0.2, 0.25) is 0 Å². The lowest BCUT2D eigenvalue weighted by Crippen LogP contribution is -2.38. The van der Waals surface area contributed by atoms with Gasteiger partial charge in [-0.05, 0) is 25.1 Å². The van der Waals surface area contributed by atoms with Crippen LogP contribution in [0.2, 0.25) is 0 Å². The molecule has 0 aliphatic carbocycles. The van der Waals surface area contributed by atoms with Crippen LogP contribution in [0.4, 0.5) is 0 Å². The number of amides is 1. The zero-order chi connectivity index (χ0) is 13.2. The second-order valence-corrected chi connectivity index (χ2v) is 4.63. The summed E-state index contributed by atoms with van der Waals surface area (Å²) in [5.74, 6) is 0.725. The van der Waals surface area contributed by atoms with Gasteiger partial charge in [-0.2, -0.15) is 5.10 Å². The molecule has 1 aliphatic rings. The molecule has 1 amide bonds. The Morgan fingerprint density at radius 1 is 1.42 bits per heavy atom. The second-order valence-electron chi connectivity index (χ2n) is 4.63. The number of hydrogen-bond donors (Lipinski definition) is 1. The molecule has 0 spiro atoms. The maximum Gasteiger partial charge on any atom is 0.269 e. The van der Waals surface area contributed by atoms with Crippen LogP contribution < -0.4 is 10.1 Å². The fourth-order valence-corrected chi connectivity index (χ4v) is 2.11. The van der Waals surface area contributed by atoms with E-state index in [1.165, 1.54) is 0 Å². The molecule has 2 aromatic rings.